The van der Waals surface area contributed by atoms with E-state index in [0.717, 1.165) is 17.5 Å². The zero-order chi connectivity index (χ0) is 13.7. The van der Waals surface area contributed by atoms with Gasteiger partial charge in [0.15, 0.2) is 0 Å². The number of likely N-dealkylation sites (N-methyl/N-ethyl adjacent to an activating group) is 1. The highest BCUT2D eigenvalue weighted by Gasteiger charge is 2.39. The van der Waals surface area contributed by atoms with Gasteiger partial charge in [-0.05, 0) is 35.4 Å². The lowest BCUT2D eigenvalue weighted by Crippen LogP contribution is -2.39. The minimum absolute atomic E-state index is 0.00367. The number of rotatable bonds is 2. The van der Waals surface area contributed by atoms with Gasteiger partial charge in [-0.25, -0.2) is 0 Å². The maximum Gasteiger partial charge on any atom is 0.260 e. The molecule has 3 unspecified atom stereocenters. The molecule has 0 saturated heterocycles. The predicted molar refractivity (Wildman–Crippen MR) is 71.4 cm³/mol. The van der Waals surface area contributed by atoms with Gasteiger partial charge in [-0.3, -0.25) is 14.5 Å². The van der Waals surface area contributed by atoms with Crippen LogP contribution in [0.25, 0.3) is 0 Å². The first kappa shape index (κ1) is 12.4. The smallest absolute Gasteiger partial charge is 0.260 e. The van der Waals surface area contributed by atoms with Gasteiger partial charge in [0.05, 0.1) is 6.42 Å². The molecule has 2 N–H and O–H groups in total. The van der Waals surface area contributed by atoms with Gasteiger partial charge in [0.2, 0.25) is 5.91 Å². The second-order valence-corrected chi connectivity index (χ2v) is 5.75. The first-order chi connectivity index (χ1) is 8.99. The maximum absolute atomic E-state index is 12.1. The Kier molecular flexibility index (Phi) is 2.71. The van der Waals surface area contributed by atoms with E-state index in [0.29, 0.717) is 23.8 Å². The second kappa shape index (κ2) is 4.17. The van der Waals surface area contributed by atoms with Crippen molar-refractivity contribution in [3.05, 3.63) is 34.9 Å². The number of carbonyl (C=O) groups excluding carboxylic acids is 2. The first-order valence-corrected chi connectivity index (χ1v) is 6.68. The molecule has 0 radical (unpaired) electrons. The Bertz CT molecular complexity index is 567. The molecule has 0 bridgehead atoms. The fraction of sp³-hybridized carbons (Fsp3) is 0.467. The van der Waals surface area contributed by atoms with Gasteiger partial charge in [-0.1, -0.05) is 19.1 Å². The highest BCUT2D eigenvalue weighted by atomic mass is 16.2. The molecule has 1 saturated carbocycles. The van der Waals surface area contributed by atoms with E-state index in [4.69, 9.17) is 5.73 Å². The van der Waals surface area contributed by atoms with E-state index in [2.05, 4.69) is 6.92 Å². The number of nitrogens with two attached hydrogens (primary N) is 1. The molecule has 1 heterocycles. The Morgan fingerprint density at radius 2 is 2.05 bits per heavy atom. The first-order valence-electron chi connectivity index (χ1n) is 6.68. The normalized spacial score (nSPS) is 27.2. The second-order valence-electron chi connectivity index (χ2n) is 5.75. The quantitative estimate of drug-likeness (QED) is 0.818. The SMILES string of the molecule is CC1CC1C(N)c1ccc2c(c1)C(=O)N(C)C(=O)C2. The summed E-state index contributed by atoms with van der Waals surface area (Å²) < 4.78 is 0. The summed E-state index contributed by atoms with van der Waals surface area (Å²) in [5.74, 6) is 0.830. The highest BCUT2D eigenvalue weighted by Crippen LogP contribution is 2.46. The molecule has 1 aliphatic carbocycles. The number of fused-ring (bicyclic) bond motifs is 1. The molecule has 3 rings (SSSR count). The number of nitrogens with zero attached hydrogens (tertiary/aromatic N) is 1. The van der Waals surface area contributed by atoms with Crippen LogP contribution in [0.3, 0.4) is 0 Å². The van der Waals surface area contributed by atoms with Gasteiger partial charge in [0, 0.05) is 18.7 Å². The van der Waals surface area contributed by atoms with Crippen LogP contribution in [0.2, 0.25) is 0 Å². The molecule has 1 fully saturated rings. The number of amides is 2. The third kappa shape index (κ3) is 1.96. The van der Waals surface area contributed by atoms with Crippen molar-refractivity contribution in [2.45, 2.75) is 25.8 Å². The molecule has 4 nitrogen and oxygen atoms in total. The largest absolute Gasteiger partial charge is 0.324 e. The molecule has 100 valence electrons. The Hall–Kier alpha value is -1.68. The van der Waals surface area contributed by atoms with Gasteiger partial charge < -0.3 is 5.73 Å². The summed E-state index contributed by atoms with van der Waals surface area (Å²) >= 11 is 0. The molecule has 2 amide bonds. The fourth-order valence-electron chi connectivity index (χ4n) is 2.83. The lowest BCUT2D eigenvalue weighted by atomic mass is 9.93. The zero-order valence-electron chi connectivity index (χ0n) is 11.2. The topological polar surface area (TPSA) is 63.4 Å². The molecule has 4 heteroatoms. The molecular weight excluding hydrogens is 240 g/mol. The van der Waals surface area contributed by atoms with Gasteiger partial charge in [0.1, 0.15) is 0 Å². The Labute approximate surface area is 112 Å². The summed E-state index contributed by atoms with van der Waals surface area (Å²) in [4.78, 5) is 24.9. The van der Waals surface area contributed by atoms with E-state index in [1.165, 1.54) is 11.9 Å². The van der Waals surface area contributed by atoms with Crippen LogP contribution in [-0.2, 0) is 11.2 Å². The fourth-order valence-corrected chi connectivity index (χ4v) is 2.83. The van der Waals surface area contributed by atoms with Crippen molar-refractivity contribution in [2.24, 2.45) is 17.6 Å². The number of hydrogen-bond acceptors (Lipinski definition) is 3. The van der Waals surface area contributed by atoms with Gasteiger partial charge in [-0.2, -0.15) is 0 Å². The van der Waals surface area contributed by atoms with Crippen LogP contribution in [0.4, 0.5) is 0 Å². The number of benzene rings is 1. The molecule has 1 aromatic carbocycles. The standard InChI is InChI=1S/C15H18N2O2/c1-8-5-11(8)14(16)10-4-3-9-7-13(18)17(2)15(19)12(9)6-10/h3-4,6,8,11,14H,5,7,16H2,1-2H3. The third-order valence-electron chi connectivity index (χ3n) is 4.40. The summed E-state index contributed by atoms with van der Waals surface area (Å²) in [5, 5.41) is 0. The third-order valence-corrected chi connectivity index (χ3v) is 4.40. The van der Waals surface area contributed by atoms with Crippen molar-refractivity contribution in [2.75, 3.05) is 7.05 Å². The predicted octanol–water partition coefficient (Wildman–Crippen LogP) is 1.50. The summed E-state index contributed by atoms with van der Waals surface area (Å²) in [6.45, 7) is 2.19. The van der Waals surface area contributed by atoms with Crippen LogP contribution in [-0.4, -0.2) is 23.8 Å². The van der Waals surface area contributed by atoms with Gasteiger partial charge in [-0.15, -0.1) is 0 Å². The van der Waals surface area contributed by atoms with E-state index in [9.17, 15) is 9.59 Å². The Balaban J connectivity index is 1.95. The summed E-state index contributed by atoms with van der Waals surface area (Å²) in [7, 11) is 1.53. The average Bonchev–Trinajstić information content (AvgIpc) is 3.12. The summed E-state index contributed by atoms with van der Waals surface area (Å²) in [6, 6.07) is 5.70. The lowest BCUT2D eigenvalue weighted by Gasteiger charge is -2.24. The highest BCUT2D eigenvalue weighted by molar-refractivity contribution is 6.09. The van der Waals surface area contributed by atoms with Gasteiger partial charge >= 0.3 is 0 Å². The molecule has 2 aliphatic rings. The average molecular weight is 258 g/mol. The maximum atomic E-state index is 12.1. The van der Waals surface area contributed by atoms with Crippen molar-refractivity contribution in [1.29, 1.82) is 0 Å². The minimum atomic E-state index is -0.218. The monoisotopic (exact) mass is 258 g/mol. The van der Waals surface area contributed by atoms with Gasteiger partial charge in [0.25, 0.3) is 5.91 Å². The zero-order valence-corrected chi connectivity index (χ0v) is 11.2. The van der Waals surface area contributed by atoms with Crippen molar-refractivity contribution < 1.29 is 9.59 Å². The van der Waals surface area contributed by atoms with E-state index in [1.807, 2.05) is 18.2 Å². The molecule has 3 atom stereocenters. The molecule has 0 spiro atoms. The van der Waals surface area contributed by atoms with Crippen molar-refractivity contribution in [3.63, 3.8) is 0 Å². The molecule has 19 heavy (non-hydrogen) atoms. The van der Waals surface area contributed by atoms with Crippen LogP contribution >= 0.6 is 0 Å². The van der Waals surface area contributed by atoms with Crippen LogP contribution < -0.4 is 5.73 Å². The number of carbonyl (C=O) groups is 2. The molecule has 1 aromatic rings. The molecule has 1 aliphatic heterocycles. The van der Waals surface area contributed by atoms with Crippen LogP contribution in [0, 0.1) is 11.8 Å². The Morgan fingerprint density at radius 3 is 2.68 bits per heavy atom. The van der Waals surface area contributed by atoms with Crippen LogP contribution in [0.1, 0.15) is 40.9 Å². The minimum Gasteiger partial charge on any atom is -0.324 e. The van der Waals surface area contributed by atoms with Crippen molar-refractivity contribution >= 4 is 11.8 Å². The molecule has 0 aromatic heterocycles. The number of imide groups is 1. The van der Waals surface area contributed by atoms with E-state index in [1.54, 1.807) is 0 Å². The van der Waals surface area contributed by atoms with E-state index in [-0.39, 0.29) is 17.9 Å². The van der Waals surface area contributed by atoms with Crippen molar-refractivity contribution in [3.8, 4) is 0 Å². The lowest BCUT2D eigenvalue weighted by molar-refractivity contribution is -0.127. The van der Waals surface area contributed by atoms with Crippen LogP contribution in [0.5, 0.6) is 0 Å². The number of hydrogen-bond donors (Lipinski definition) is 1. The molecular formula is C15H18N2O2. The van der Waals surface area contributed by atoms with E-state index < -0.39 is 0 Å². The summed E-state index contributed by atoms with van der Waals surface area (Å²) in [5.41, 5.74) is 8.68. The van der Waals surface area contributed by atoms with Crippen LogP contribution in [0.15, 0.2) is 18.2 Å². The summed E-state index contributed by atoms with van der Waals surface area (Å²) in [6.07, 6.45) is 1.46. The van der Waals surface area contributed by atoms with E-state index >= 15 is 0 Å². The Morgan fingerprint density at radius 1 is 1.37 bits per heavy atom. The van der Waals surface area contributed by atoms with Crippen molar-refractivity contribution in [1.82, 2.24) is 4.90 Å².